The van der Waals surface area contributed by atoms with E-state index in [1.807, 2.05) is 12.1 Å². The van der Waals surface area contributed by atoms with Gasteiger partial charge in [-0.15, -0.1) is 24.0 Å². The summed E-state index contributed by atoms with van der Waals surface area (Å²) in [5.41, 5.74) is 2.90. The molecule has 1 aliphatic rings. The van der Waals surface area contributed by atoms with E-state index in [2.05, 4.69) is 41.5 Å². The molecule has 0 bridgehead atoms. The number of halogens is 2. The van der Waals surface area contributed by atoms with Crippen molar-refractivity contribution in [2.75, 3.05) is 26.2 Å². The molecule has 1 aromatic carbocycles. The molecule has 0 spiro atoms. The molecule has 1 aromatic heterocycles. The first-order valence-corrected chi connectivity index (χ1v) is 11.6. The van der Waals surface area contributed by atoms with E-state index in [4.69, 9.17) is 9.52 Å². The van der Waals surface area contributed by atoms with Crippen molar-refractivity contribution in [1.29, 1.82) is 0 Å². The Kier molecular flexibility index (Phi) is 11.4. The van der Waals surface area contributed by atoms with E-state index >= 15 is 0 Å². The number of nitrogens with zero attached hydrogens (tertiary/aromatic N) is 3. The number of piperidine rings is 1. The van der Waals surface area contributed by atoms with Gasteiger partial charge in [-0.25, -0.2) is 9.38 Å². The lowest BCUT2D eigenvalue weighted by Crippen LogP contribution is -2.42. The molecule has 0 atom stereocenters. The van der Waals surface area contributed by atoms with Crippen molar-refractivity contribution < 1.29 is 8.91 Å². The molecule has 2 heterocycles. The first kappa shape index (κ1) is 26.6. The van der Waals surface area contributed by atoms with Crippen LogP contribution in [0.5, 0.6) is 0 Å². The summed E-state index contributed by atoms with van der Waals surface area (Å²) in [6.07, 6.45) is 3.88. The van der Waals surface area contributed by atoms with Crippen LogP contribution in [-0.4, -0.2) is 42.2 Å². The lowest BCUT2D eigenvalue weighted by molar-refractivity contribution is 0.176. The summed E-state index contributed by atoms with van der Waals surface area (Å²) in [4.78, 5) is 7.13. The summed E-state index contributed by atoms with van der Waals surface area (Å²) in [7, 11) is 0. The maximum Gasteiger partial charge on any atom is 0.191 e. The standard InChI is InChI=1S/C24H36FN5O.HI/c1-4-22-20(23(5-2)31-29-22)16-28-24(26-6-3)27-15-18-11-13-30(14-12-18)17-19-9-7-8-10-21(19)25;/h7-10,18H,4-6,11-17H2,1-3H3,(H2,26,27,28);1H. The van der Waals surface area contributed by atoms with Crippen LogP contribution in [0.1, 0.15) is 56.2 Å². The molecule has 0 saturated carbocycles. The largest absolute Gasteiger partial charge is 0.361 e. The monoisotopic (exact) mass is 557 g/mol. The average Bonchev–Trinajstić information content (AvgIpc) is 3.20. The highest BCUT2D eigenvalue weighted by atomic mass is 127. The summed E-state index contributed by atoms with van der Waals surface area (Å²) in [6, 6.07) is 7.07. The summed E-state index contributed by atoms with van der Waals surface area (Å²) >= 11 is 0. The maximum absolute atomic E-state index is 13.9. The van der Waals surface area contributed by atoms with E-state index < -0.39 is 0 Å². The number of nitrogens with one attached hydrogen (secondary N) is 2. The number of guanidine groups is 1. The fraction of sp³-hybridized carbons (Fsp3) is 0.583. The van der Waals surface area contributed by atoms with Gasteiger partial charge < -0.3 is 15.2 Å². The number of aliphatic imine (C=N–C) groups is 1. The van der Waals surface area contributed by atoms with Crippen molar-refractivity contribution in [3.05, 3.63) is 52.7 Å². The number of likely N-dealkylation sites (tertiary alicyclic amines) is 1. The number of hydrogen-bond acceptors (Lipinski definition) is 4. The van der Waals surface area contributed by atoms with Gasteiger partial charge in [-0.3, -0.25) is 4.90 Å². The summed E-state index contributed by atoms with van der Waals surface area (Å²) in [5.74, 6) is 2.25. The second kappa shape index (κ2) is 13.8. The van der Waals surface area contributed by atoms with Gasteiger partial charge in [0, 0.05) is 37.2 Å². The topological polar surface area (TPSA) is 65.7 Å². The Morgan fingerprint density at radius 1 is 1.16 bits per heavy atom. The van der Waals surface area contributed by atoms with Crippen molar-refractivity contribution in [3.8, 4) is 0 Å². The summed E-state index contributed by atoms with van der Waals surface area (Å²) in [5, 5.41) is 11.0. The van der Waals surface area contributed by atoms with Crippen LogP contribution in [-0.2, 0) is 25.9 Å². The van der Waals surface area contributed by atoms with Gasteiger partial charge in [-0.2, -0.15) is 0 Å². The highest BCUT2D eigenvalue weighted by Crippen LogP contribution is 2.20. The number of hydrogen-bond donors (Lipinski definition) is 2. The van der Waals surface area contributed by atoms with E-state index in [9.17, 15) is 4.39 Å². The smallest absolute Gasteiger partial charge is 0.191 e. The van der Waals surface area contributed by atoms with Crippen LogP contribution in [0.15, 0.2) is 33.8 Å². The lowest BCUT2D eigenvalue weighted by atomic mass is 9.96. The molecular weight excluding hydrogens is 520 g/mol. The van der Waals surface area contributed by atoms with Gasteiger partial charge >= 0.3 is 0 Å². The summed E-state index contributed by atoms with van der Waals surface area (Å²) < 4.78 is 19.4. The molecule has 32 heavy (non-hydrogen) atoms. The van der Waals surface area contributed by atoms with Crippen LogP contribution in [0, 0.1) is 11.7 Å². The van der Waals surface area contributed by atoms with Gasteiger partial charge in [0.25, 0.3) is 0 Å². The minimum Gasteiger partial charge on any atom is -0.361 e. The predicted octanol–water partition coefficient (Wildman–Crippen LogP) is 4.52. The number of aromatic nitrogens is 1. The van der Waals surface area contributed by atoms with Gasteiger partial charge in [0.1, 0.15) is 11.6 Å². The van der Waals surface area contributed by atoms with Crippen LogP contribution in [0.2, 0.25) is 0 Å². The molecule has 6 nitrogen and oxygen atoms in total. The van der Waals surface area contributed by atoms with E-state index in [1.54, 1.807) is 12.1 Å². The summed E-state index contributed by atoms with van der Waals surface area (Å²) in [6.45, 7) is 11.2. The first-order chi connectivity index (χ1) is 15.1. The number of benzene rings is 1. The normalized spacial score (nSPS) is 15.4. The Bertz CT molecular complexity index is 827. The van der Waals surface area contributed by atoms with Crippen molar-refractivity contribution in [2.45, 2.75) is 59.5 Å². The molecule has 0 amide bonds. The van der Waals surface area contributed by atoms with Crippen molar-refractivity contribution in [2.24, 2.45) is 10.9 Å². The quantitative estimate of drug-likeness (QED) is 0.270. The predicted molar refractivity (Wildman–Crippen MR) is 138 cm³/mol. The molecule has 0 aliphatic carbocycles. The minimum atomic E-state index is -0.108. The Morgan fingerprint density at radius 2 is 1.91 bits per heavy atom. The van der Waals surface area contributed by atoms with Crippen molar-refractivity contribution >= 4 is 29.9 Å². The second-order valence-corrected chi connectivity index (χ2v) is 8.13. The third kappa shape index (κ3) is 7.43. The van der Waals surface area contributed by atoms with Crippen LogP contribution >= 0.6 is 24.0 Å². The lowest BCUT2D eigenvalue weighted by Gasteiger charge is -2.32. The van der Waals surface area contributed by atoms with Gasteiger partial charge in [0.2, 0.25) is 0 Å². The number of rotatable bonds is 9. The van der Waals surface area contributed by atoms with Crippen molar-refractivity contribution in [3.63, 3.8) is 0 Å². The molecule has 178 valence electrons. The van der Waals surface area contributed by atoms with Crippen LogP contribution < -0.4 is 10.6 Å². The third-order valence-electron chi connectivity index (χ3n) is 5.96. The van der Waals surface area contributed by atoms with Gasteiger partial charge in [0.05, 0.1) is 12.2 Å². The second-order valence-electron chi connectivity index (χ2n) is 8.13. The zero-order chi connectivity index (χ0) is 22.1. The van der Waals surface area contributed by atoms with E-state index in [1.165, 1.54) is 0 Å². The van der Waals surface area contributed by atoms with Crippen LogP contribution in [0.25, 0.3) is 0 Å². The Balaban J connectivity index is 0.00000363. The molecule has 1 fully saturated rings. The molecule has 2 aromatic rings. The molecule has 0 radical (unpaired) electrons. The van der Waals surface area contributed by atoms with Gasteiger partial charge in [0.15, 0.2) is 5.96 Å². The SMILES string of the molecule is CCNC(=NCc1c(CC)noc1CC)NCC1CCN(Cc2ccccc2F)CC1.I. The van der Waals surface area contributed by atoms with Crippen LogP contribution in [0.4, 0.5) is 4.39 Å². The maximum atomic E-state index is 13.9. The fourth-order valence-corrected chi connectivity index (χ4v) is 4.07. The van der Waals surface area contributed by atoms with Crippen molar-refractivity contribution in [1.82, 2.24) is 20.7 Å². The van der Waals surface area contributed by atoms with Gasteiger partial charge in [-0.05, 0) is 51.3 Å². The molecular formula is C24H37FIN5O. The van der Waals surface area contributed by atoms with E-state index in [-0.39, 0.29) is 29.8 Å². The zero-order valence-corrected chi connectivity index (χ0v) is 21.8. The highest BCUT2D eigenvalue weighted by molar-refractivity contribution is 14.0. The highest BCUT2D eigenvalue weighted by Gasteiger charge is 2.20. The third-order valence-corrected chi connectivity index (χ3v) is 5.96. The molecule has 8 heteroatoms. The Morgan fingerprint density at radius 3 is 2.56 bits per heavy atom. The fourth-order valence-electron chi connectivity index (χ4n) is 4.07. The average molecular weight is 557 g/mol. The molecule has 0 unspecified atom stereocenters. The van der Waals surface area contributed by atoms with Crippen LogP contribution in [0.3, 0.4) is 0 Å². The Labute approximate surface area is 208 Å². The molecule has 1 saturated heterocycles. The van der Waals surface area contributed by atoms with E-state index in [0.29, 0.717) is 19.0 Å². The first-order valence-electron chi connectivity index (χ1n) is 11.6. The minimum absolute atomic E-state index is 0. The van der Waals surface area contributed by atoms with Gasteiger partial charge in [-0.1, -0.05) is 37.2 Å². The Hall–Kier alpha value is -1.68. The van der Waals surface area contributed by atoms with E-state index in [0.717, 1.165) is 80.4 Å². The zero-order valence-electron chi connectivity index (χ0n) is 19.5. The number of aryl methyl sites for hydroxylation is 2. The molecule has 1 aliphatic heterocycles. The molecule has 2 N–H and O–H groups in total. The molecule has 3 rings (SSSR count).